The molecule has 2 aromatic carbocycles. The summed E-state index contributed by atoms with van der Waals surface area (Å²) in [5.41, 5.74) is 0.839. The van der Waals surface area contributed by atoms with Gasteiger partial charge < -0.3 is 15.0 Å². The molecule has 154 valence electrons. The van der Waals surface area contributed by atoms with Crippen molar-refractivity contribution in [1.29, 1.82) is 0 Å². The Labute approximate surface area is 185 Å². The molecule has 11 heteroatoms. The number of nitrogens with one attached hydrogen (secondary N) is 2. The van der Waals surface area contributed by atoms with Crippen molar-refractivity contribution in [1.82, 2.24) is 5.32 Å². The first kappa shape index (κ1) is 23.2. The van der Waals surface area contributed by atoms with Gasteiger partial charge in [0.1, 0.15) is 5.75 Å². The van der Waals surface area contributed by atoms with Gasteiger partial charge in [-0.15, -0.1) is 12.4 Å². The van der Waals surface area contributed by atoms with E-state index in [2.05, 4.69) is 14.9 Å². The Bertz CT molecular complexity index is 951. The number of ether oxygens (including phenoxy) is 1. The Morgan fingerprint density at radius 1 is 1.11 bits per heavy atom. The summed E-state index contributed by atoms with van der Waals surface area (Å²) in [6.45, 7) is 3.13. The van der Waals surface area contributed by atoms with E-state index in [4.69, 9.17) is 39.5 Å². The molecule has 0 unspecified atom stereocenters. The smallest absolute Gasteiger partial charge is 0.262 e. The van der Waals surface area contributed by atoms with Crippen LogP contribution < -0.4 is 19.7 Å². The maximum atomic E-state index is 12.9. The summed E-state index contributed by atoms with van der Waals surface area (Å²) in [5, 5.41) is 3.79. The lowest BCUT2D eigenvalue weighted by Crippen LogP contribution is -2.43. The highest BCUT2D eigenvalue weighted by atomic mass is 35.5. The monoisotopic (exact) mass is 485 g/mol. The van der Waals surface area contributed by atoms with Crippen molar-refractivity contribution in [2.75, 3.05) is 42.9 Å². The molecule has 28 heavy (non-hydrogen) atoms. The number of hydrogen-bond donors (Lipinski definition) is 2. The third-order valence-corrected chi connectivity index (χ3v) is 6.54. The van der Waals surface area contributed by atoms with Crippen LogP contribution in [0.25, 0.3) is 0 Å². The third-order valence-electron chi connectivity index (χ3n) is 4.16. The van der Waals surface area contributed by atoms with Gasteiger partial charge in [0, 0.05) is 31.2 Å². The minimum atomic E-state index is -3.91. The van der Waals surface area contributed by atoms with Crippen LogP contribution in [0.5, 0.6) is 5.75 Å². The van der Waals surface area contributed by atoms with Gasteiger partial charge in [0.15, 0.2) is 0 Å². The first-order valence-corrected chi connectivity index (χ1v) is 10.7. The second kappa shape index (κ2) is 9.61. The van der Waals surface area contributed by atoms with Crippen LogP contribution in [-0.2, 0) is 10.0 Å². The van der Waals surface area contributed by atoms with E-state index in [1.54, 1.807) is 19.2 Å². The molecule has 0 bridgehead atoms. The minimum absolute atomic E-state index is 0. The first-order valence-electron chi connectivity index (χ1n) is 8.13. The summed E-state index contributed by atoms with van der Waals surface area (Å²) in [6.07, 6.45) is 0. The Kier molecular flexibility index (Phi) is 7.96. The van der Waals surface area contributed by atoms with Crippen molar-refractivity contribution >= 4 is 68.6 Å². The van der Waals surface area contributed by atoms with E-state index in [0.29, 0.717) is 5.75 Å². The Hall–Kier alpha value is -1.09. The number of methoxy groups -OCH3 is 1. The van der Waals surface area contributed by atoms with Crippen molar-refractivity contribution in [3.63, 3.8) is 0 Å². The third kappa shape index (κ3) is 5.09. The number of rotatable bonds is 5. The van der Waals surface area contributed by atoms with Crippen LogP contribution in [0.3, 0.4) is 0 Å². The summed E-state index contributed by atoms with van der Waals surface area (Å²) in [4.78, 5) is 2.17. The average Bonchev–Trinajstić information content (AvgIpc) is 2.65. The summed E-state index contributed by atoms with van der Waals surface area (Å²) in [6, 6.07) is 7.56. The molecular formula is C17H19Cl4N3O3S. The molecule has 0 aromatic heterocycles. The van der Waals surface area contributed by atoms with Gasteiger partial charge in [-0.3, -0.25) is 4.72 Å². The van der Waals surface area contributed by atoms with Crippen molar-refractivity contribution in [3.8, 4) is 5.75 Å². The van der Waals surface area contributed by atoms with Crippen molar-refractivity contribution in [2.24, 2.45) is 0 Å². The lowest BCUT2D eigenvalue weighted by molar-refractivity contribution is 0.412. The highest BCUT2D eigenvalue weighted by molar-refractivity contribution is 7.92. The Morgan fingerprint density at radius 3 is 2.43 bits per heavy atom. The average molecular weight is 487 g/mol. The summed E-state index contributed by atoms with van der Waals surface area (Å²) < 4.78 is 33.6. The molecule has 3 rings (SSSR count). The van der Waals surface area contributed by atoms with Gasteiger partial charge >= 0.3 is 0 Å². The summed E-state index contributed by atoms with van der Waals surface area (Å²) in [7, 11) is -2.35. The van der Waals surface area contributed by atoms with Crippen molar-refractivity contribution in [3.05, 3.63) is 45.4 Å². The van der Waals surface area contributed by atoms with Crippen LogP contribution in [0, 0.1) is 0 Å². The highest BCUT2D eigenvalue weighted by Gasteiger charge is 2.22. The maximum absolute atomic E-state index is 12.9. The van der Waals surface area contributed by atoms with Crippen molar-refractivity contribution < 1.29 is 13.2 Å². The zero-order valence-corrected chi connectivity index (χ0v) is 18.7. The predicted molar refractivity (Wildman–Crippen MR) is 118 cm³/mol. The van der Waals surface area contributed by atoms with Gasteiger partial charge in [0.25, 0.3) is 10.0 Å². The van der Waals surface area contributed by atoms with Crippen LogP contribution in [0.4, 0.5) is 11.4 Å². The molecule has 1 aliphatic heterocycles. The number of benzene rings is 2. The van der Waals surface area contributed by atoms with Gasteiger partial charge in [-0.2, -0.15) is 0 Å². The fourth-order valence-electron chi connectivity index (χ4n) is 2.82. The van der Waals surface area contributed by atoms with Crippen LogP contribution in [0.15, 0.2) is 35.2 Å². The Morgan fingerprint density at radius 2 is 1.79 bits per heavy atom. The largest absolute Gasteiger partial charge is 0.495 e. The molecule has 2 N–H and O–H groups in total. The van der Waals surface area contributed by atoms with E-state index in [0.717, 1.165) is 31.9 Å². The number of piperazine rings is 1. The van der Waals surface area contributed by atoms with E-state index in [9.17, 15) is 8.42 Å². The molecular weight excluding hydrogens is 468 g/mol. The van der Waals surface area contributed by atoms with E-state index in [1.807, 2.05) is 0 Å². The number of sulfonamides is 1. The second-order valence-electron chi connectivity index (χ2n) is 5.93. The fraction of sp³-hybridized carbons (Fsp3) is 0.294. The van der Waals surface area contributed by atoms with Crippen molar-refractivity contribution in [2.45, 2.75) is 4.90 Å². The molecule has 2 aromatic rings. The van der Waals surface area contributed by atoms with E-state index in [-0.39, 0.29) is 38.1 Å². The maximum Gasteiger partial charge on any atom is 0.262 e. The standard InChI is InChI=1S/C17H18Cl3N3O3S.ClH/c1-26-16-3-2-12(10-15(16)23-6-4-21-5-7-23)27(24,25)22-14-9-11(18)8-13(19)17(14)20;/h2-3,8-10,21-22H,4-7H2,1H3;1H. The quantitative estimate of drug-likeness (QED) is 0.617. The van der Waals surface area contributed by atoms with Crippen LogP contribution in [0.2, 0.25) is 15.1 Å². The van der Waals surface area contributed by atoms with E-state index >= 15 is 0 Å². The topological polar surface area (TPSA) is 70.7 Å². The highest BCUT2D eigenvalue weighted by Crippen LogP contribution is 2.36. The van der Waals surface area contributed by atoms with Gasteiger partial charge in [-0.1, -0.05) is 34.8 Å². The number of anilines is 2. The van der Waals surface area contributed by atoms with Crippen LogP contribution in [-0.4, -0.2) is 41.7 Å². The molecule has 0 aliphatic carbocycles. The van der Waals surface area contributed by atoms with E-state index in [1.165, 1.54) is 18.2 Å². The summed E-state index contributed by atoms with van der Waals surface area (Å²) >= 11 is 18.0. The zero-order chi connectivity index (χ0) is 19.6. The van der Waals surface area contributed by atoms with Gasteiger partial charge in [-0.05, 0) is 30.3 Å². The molecule has 1 saturated heterocycles. The number of nitrogens with zero attached hydrogens (tertiary/aromatic N) is 1. The molecule has 0 amide bonds. The van der Waals surface area contributed by atoms with Gasteiger partial charge in [0.05, 0.1) is 33.4 Å². The summed E-state index contributed by atoms with van der Waals surface area (Å²) in [5.74, 6) is 0.611. The second-order valence-corrected chi connectivity index (χ2v) is 8.83. The molecule has 0 spiro atoms. The minimum Gasteiger partial charge on any atom is -0.495 e. The molecule has 6 nitrogen and oxygen atoms in total. The zero-order valence-electron chi connectivity index (χ0n) is 14.8. The van der Waals surface area contributed by atoms with Gasteiger partial charge in [0.2, 0.25) is 0 Å². The molecule has 1 fully saturated rings. The molecule has 0 radical (unpaired) electrons. The van der Waals surface area contributed by atoms with Crippen LogP contribution in [0.1, 0.15) is 0 Å². The Balaban J connectivity index is 0.00000280. The lowest BCUT2D eigenvalue weighted by atomic mass is 10.2. The predicted octanol–water partition coefficient (Wildman–Crippen LogP) is 4.29. The number of halogens is 4. The molecule has 1 aliphatic rings. The lowest BCUT2D eigenvalue weighted by Gasteiger charge is -2.30. The molecule has 0 atom stereocenters. The fourth-order valence-corrected chi connectivity index (χ4v) is 4.61. The van der Waals surface area contributed by atoms with Gasteiger partial charge in [-0.25, -0.2) is 8.42 Å². The van der Waals surface area contributed by atoms with Crippen LogP contribution >= 0.6 is 47.2 Å². The normalized spacial score (nSPS) is 14.4. The first-order chi connectivity index (χ1) is 12.8. The number of hydrogen-bond acceptors (Lipinski definition) is 5. The SMILES string of the molecule is COc1ccc(S(=O)(=O)Nc2cc(Cl)cc(Cl)c2Cl)cc1N1CCNCC1.Cl. The molecule has 0 saturated carbocycles. The van der Waals surface area contributed by atoms with E-state index < -0.39 is 10.0 Å². The molecule has 1 heterocycles.